The normalized spacial score (nSPS) is 20.7. The summed E-state index contributed by atoms with van der Waals surface area (Å²) in [4.78, 5) is 11.4. The van der Waals surface area contributed by atoms with E-state index >= 15 is 0 Å². The first-order valence-corrected chi connectivity index (χ1v) is 5.33. The average Bonchev–Trinajstić information content (AvgIpc) is 2.82. The molecule has 1 fully saturated rings. The molecule has 0 bridgehead atoms. The smallest absolute Gasteiger partial charge is 0.353 e. The highest BCUT2D eigenvalue weighted by Gasteiger charge is 2.63. The lowest BCUT2D eigenvalue weighted by Crippen LogP contribution is -2.54. The lowest BCUT2D eigenvalue weighted by Gasteiger charge is -2.25. The summed E-state index contributed by atoms with van der Waals surface area (Å²) in [5, 5.41) is 4.95. The lowest BCUT2D eigenvalue weighted by atomic mass is 10.2. The SMILES string of the molecule is CC(C)NC(=O)C(C)NC1(C(F)(F)F)CC1. The van der Waals surface area contributed by atoms with Crippen molar-refractivity contribution in [1.29, 1.82) is 0 Å². The summed E-state index contributed by atoms with van der Waals surface area (Å²) in [5.41, 5.74) is -1.83. The Balaban J connectivity index is 2.52. The number of carbonyl (C=O) groups excluding carboxylic acids is 1. The van der Waals surface area contributed by atoms with Gasteiger partial charge in [0.2, 0.25) is 5.91 Å². The van der Waals surface area contributed by atoms with Gasteiger partial charge in [0.05, 0.1) is 6.04 Å². The van der Waals surface area contributed by atoms with Crippen LogP contribution in [0.4, 0.5) is 13.2 Å². The minimum Gasteiger partial charge on any atom is -0.353 e. The fourth-order valence-corrected chi connectivity index (χ4v) is 1.52. The molecule has 1 aliphatic rings. The Morgan fingerprint density at radius 3 is 2.06 bits per heavy atom. The van der Waals surface area contributed by atoms with Gasteiger partial charge in [-0.15, -0.1) is 0 Å². The molecule has 1 unspecified atom stereocenters. The molecule has 1 amide bonds. The Morgan fingerprint density at radius 1 is 1.25 bits per heavy atom. The summed E-state index contributed by atoms with van der Waals surface area (Å²) in [6.45, 7) is 4.98. The van der Waals surface area contributed by atoms with Crippen LogP contribution in [0.3, 0.4) is 0 Å². The number of nitrogens with one attached hydrogen (secondary N) is 2. The van der Waals surface area contributed by atoms with E-state index < -0.39 is 23.7 Å². The van der Waals surface area contributed by atoms with Gasteiger partial charge in [0.15, 0.2) is 0 Å². The molecule has 0 radical (unpaired) electrons. The Labute approximate surface area is 92.8 Å². The molecule has 1 atom stereocenters. The third-order valence-electron chi connectivity index (χ3n) is 2.61. The molecule has 1 saturated carbocycles. The highest BCUT2D eigenvalue weighted by Crippen LogP contribution is 2.49. The number of amides is 1. The molecule has 1 aliphatic carbocycles. The average molecular weight is 238 g/mol. The van der Waals surface area contributed by atoms with Crippen molar-refractivity contribution in [3.8, 4) is 0 Å². The van der Waals surface area contributed by atoms with Gasteiger partial charge in [-0.05, 0) is 33.6 Å². The van der Waals surface area contributed by atoms with Crippen LogP contribution in [0, 0.1) is 0 Å². The van der Waals surface area contributed by atoms with Gasteiger partial charge in [-0.2, -0.15) is 13.2 Å². The van der Waals surface area contributed by atoms with Gasteiger partial charge in [0.1, 0.15) is 5.54 Å². The van der Waals surface area contributed by atoms with Crippen molar-refractivity contribution >= 4 is 5.91 Å². The standard InChI is InChI=1S/C10H17F3N2O/c1-6(2)14-8(16)7(3)15-9(4-5-9)10(11,12)13/h6-7,15H,4-5H2,1-3H3,(H,14,16). The van der Waals surface area contributed by atoms with E-state index in [9.17, 15) is 18.0 Å². The molecule has 2 N–H and O–H groups in total. The van der Waals surface area contributed by atoms with Gasteiger partial charge in [-0.3, -0.25) is 10.1 Å². The summed E-state index contributed by atoms with van der Waals surface area (Å²) in [6, 6.07) is -0.899. The van der Waals surface area contributed by atoms with Crippen molar-refractivity contribution in [2.75, 3.05) is 0 Å². The van der Waals surface area contributed by atoms with Crippen molar-refractivity contribution in [1.82, 2.24) is 10.6 Å². The molecule has 0 spiro atoms. The molecule has 0 aromatic heterocycles. The third-order valence-corrected chi connectivity index (χ3v) is 2.61. The number of alkyl halides is 3. The number of rotatable bonds is 4. The first kappa shape index (κ1) is 13.3. The maximum absolute atomic E-state index is 12.6. The molecule has 0 aliphatic heterocycles. The van der Waals surface area contributed by atoms with Crippen LogP contribution < -0.4 is 10.6 Å². The monoisotopic (exact) mass is 238 g/mol. The Bertz CT molecular complexity index is 272. The van der Waals surface area contributed by atoms with Crippen LogP contribution in [0.25, 0.3) is 0 Å². The fourth-order valence-electron chi connectivity index (χ4n) is 1.52. The van der Waals surface area contributed by atoms with Crippen LogP contribution in [-0.4, -0.2) is 29.7 Å². The highest BCUT2D eigenvalue weighted by atomic mass is 19.4. The summed E-state index contributed by atoms with van der Waals surface area (Å²) in [7, 11) is 0. The maximum Gasteiger partial charge on any atom is 0.406 e. The van der Waals surface area contributed by atoms with Crippen LogP contribution in [0.15, 0.2) is 0 Å². The van der Waals surface area contributed by atoms with Gasteiger partial charge >= 0.3 is 6.18 Å². The minimum atomic E-state index is -4.28. The zero-order valence-electron chi connectivity index (χ0n) is 9.61. The van der Waals surface area contributed by atoms with Crippen LogP contribution in [0.2, 0.25) is 0 Å². The van der Waals surface area contributed by atoms with E-state index in [0.29, 0.717) is 0 Å². The quantitative estimate of drug-likeness (QED) is 0.780. The number of hydrogen-bond acceptors (Lipinski definition) is 2. The van der Waals surface area contributed by atoms with E-state index in [4.69, 9.17) is 0 Å². The zero-order valence-corrected chi connectivity index (χ0v) is 9.61. The van der Waals surface area contributed by atoms with Gasteiger partial charge < -0.3 is 5.32 Å². The molecule has 0 saturated heterocycles. The number of halogens is 3. The molecular formula is C10H17F3N2O. The minimum absolute atomic E-state index is 0.0514. The summed E-state index contributed by atoms with van der Waals surface area (Å²) < 4.78 is 37.8. The maximum atomic E-state index is 12.6. The van der Waals surface area contributed by atoms with E-state index in [-0.39, 0.29) is 18.9 Å². The summed E-state index contributed by atoms with van der Waals surface area (Å²) >= 11 is 0. The van der Waals surface area contributed by atoms with Crippen LogP contribution >= 0.6 is 0 Å². The first-order chi connectivity index (χ1) is 7.18. The number of hydrogen-bond donors (Lipinski definition) is 2. The molecule has 16 heavy (non-hydrogen) atoms. The first-order valence-electron chi connectivity index (χ1n) is 5.33. The molecule has 3 nitrogen and oxygen atoms in total. The van der Waals surface area contributed by atoms with E-state index in [2.05, 4.69) is 10.6 Å². The van der Waals surface area contributed by atoms with Gasteiger partial charge in [0.25, 0.3) is 0 Å². The molecule has 0 aromatic rings. The predicted octanol–water partition coefficient (Wildman–Crippen LogP) is 1.58. The van der Waals surface area contributed by atoms with Gasteiger partial charge in [-0.25, -0.2) is 0 Å². The molecule has 6 heteroatoms. The third kappa shape index (κ3) is 2.87. The predicted molar refractivity (Wildman–Crippen MR) is 53.9 cm³/mol. The number of carbonyl (C=O) groups is 1. The molecular weight excluding hydrogens is 221 g/mol. The van der Waals surface area contributed by atoms with Crippen LogP contribution in [0.5, 0.6) is 0 Å². The topological polar surface area (TPSA) is 41.1 Å². The van der Waals surface area contributed by atoms with E-state index in [1.807, 2.05) is 0 Å². The Kier molecular flexibility index (Phi) is 3.52. The van der Waals surface area contributed by atoms with Crippen molar-refractivity contribution in [2.24, 2.45) is 0 Å². The van der Waals surface area contributed by atoms with E-state index in [1.54, 1.807) is 13.8 Å². The van der Waals surface area contributed by atoms with Crippen molar-refractivity contribution in [3.05, 3.63) is 0 Å². The van der Waals surface area contributed by atoms with E-state index in [0.717, 1.165) is 0 Å². The highest BCUT2D eigenvalue weighted by molar-refractivity contribution is 5.81. The van der Waals surface area contributed by atoms with Gasteiger partial charge in [0, 0.05) is 6.04 Å². The second-order valence-corrected chi connectivity index (χ2v) is 4.61. The van der Waals surface area contributed by atoms with Crippen LogP contribution in [0.1, 0.15) is 33.6 Å². The molecule has 0 heterocycles. The van der Waals surface area contributed by atoms with Crippen LogP contribution in [-0.2, 0) is 4.79 Å². The van der Waals surface area contributed by atoms with Crippen molar-refractivity contribution < 1.29 is 18.0 Å². The summed E-state index contributed by atoms with van der Waals surface area (Å²) in [6.07, 6.45) is -4.18. The van der Waals surface area contributed by atoms with Crippen molar-refractivity contribution in [2.45, 2.75) is 57.4 Å². The zero-order chi connectivity index (χ0) is 12.6. The molecule has 0 aromatic carbocycles. The van der Waals surface area contributed by atoms with Gasteiger partial charge in [-0.1, -0.05) is 0 Å². The lowest BCUT2D eigenvalue weighted by molar-refractivity contribution is -0.168. The summed E-state index contributed by atoms with van der Waals surface area (Å²) in [5.74, 6) is -0.398. The fraction of sp³-hybridized carbons (Fsp3) is 0.900. The van der Waals surface area contributed by atoms with Crippen molar-refractivity contribution in [3.63, 3.8) is 0 Å². The Morgan fingerprint density at radius 2 is 1.75 bits per heavy atom. The largest absolute Gasteiger partial charge is 0.406 e. The molecule has 1 rings (SSSR count). The Hall–Kier alpha value is -0.780. The van der Waals surface area contributed by atoms with E-state index in [1.165, 1.54) is 6.92 Å². The second kappa shape index (κ2) is 4.24. The molecule has 94 valence electrons. The second-order valence-electron chi connectivity index (χ2n) is 4.61.